The van der Waals surface area contributed by atoms with Crippen LogP contribution in [-0.2, 0) is 0 Å². The van der Waals surface area contributed by atoms with Crippen molar-refractivity contribution in [3.05, 3.63) is 30.3 Å². The van der Waals surface area contributed by atoms with Crippen LogP contribution in [-0.4, -0.2) is 39.1 Å². The number of piperidine rings is 3. The quantitative estimate of drug-likeness (QED) is 0.684. The summed E-state index contributed by atoms with van der Waals surface area (Å²) in [6, 6.07) is 13.1. The third-order valence-electron chi connectivity index (χ3n) is 10.0. The molecule has 0 radical (unpaired) electrons. The first-order valence-electron chi connectivity index (χ1n) is 13.2. The zero-order valence-corrected chi connectivity index (χ0v) is 18.8. The van der Waals surface area contributed by atoms with Gasteiger partial charge in [0.05, 0.1) is 0 Å². The summed E-state index contributed by atoms with van der Waals surface area (Å²) in [5.41, 5.74) is 1.12. The normalized spacial score (nSPS) is 41.0. The maximum atomic E-state index is 5.29. The second kappa shape index (κ2) is 6.68. The molecule has 7 bridgehead atoms. The van der Waals surface area contributed by atoms with Gasteiger partial charge >= 0.3 is 0 Å². The van der Waals surface area contributed by atoms with Gasteiger partial charge in [0, 0.05) is 29.7 Å². The maximum absolute atomic E-state index is 5.29. The highest BCUT2D eigenvalue weighted by molar-refractivity contribution is 5.59. The Bertz CT molecular complexity index is 1000. The number of hydrogen-bond donors (Lipinski definition) is 0. The lowest BCUT2D eigenvalue weighted by Crippen LogP contribution is -2.59. The Hall–Kier alpha value is -2.17. The molecule has 4 atom stereocenters. The first kappa shape index (κ1) is 18.3. The molecule has 2 aromatic rings. The van der Waals surface area contributed by atoms with E-state index in [2.05, 4.69) is 40.1 Å². The molecular weight excluding hydrogens is 394 g/mol. The highest BCUT2D eigenvalue weighted by atomic mass is 15.4. The molecule has 3 aliphatic heterocycles. The molecule has 166 valence electrons. The predicted octanol–water partition coefficient (Wildman–Crippen LogP) is 5.07. The molecule has 3 saturated heterocycles. The monoisotopic (exact) mass is 427 g/mol. The molecule has 7 fully saturated rings. The number of hydrogen-bond acceptors (Lipinski definition) is 5. The van der Waals surface area contributed by atoms with E-state index in [9.17, 15) is 0 Å². The van der Waals surface area contributed by atoms with Gasteiger partial charge in [-0.15, -0.1) is 0 Å². The largest absolute Gasteiger partial charge is 0.335 e. The number of rotatable bonds is 3. The first-order chi connectivity index (χ1) is 15.8. The molecule has 0 N–H and O–H groups in total. The lowest BCUT2D eigenvalue weighted by atomic mass is 9.64. The van der Waals surface area contributed by atoms with Crippen molar-refractivity contribution in [2.24, 2.45) is 23.7 Å². The molecule has 4 heterocycles. The van der Waals surface area contributed by atoms with Crippen LogP contribution in [0, 0.1) is 23.7 Å². The topological polar surface area (TPSA) is 45.2 Å². The van der Waals surface area contributed by atoms with Gasteiger partial charge in [0.15, 0.2) is 5.82 Å². The Morgan fingerprint density at radius 1 is 0.562 bits per heavy atom. The van der Waals surface area contributed by atoms with E-state index in [1.807, 2.05) is 0 Å². The van der Waals surface area contributed by atoms with Crippen LogP contribution in [0.5, 0.6) is 0 Å². The molecule has 0 spiro atoms. The van der Waals surface area contributed by atoms with E-state index in [0.717, 1.165) is 47.0 Å². The SMILES string of the molecule is c1ccc(-c2nc(N3C4CC5CC(C4)CC3C5)nc(N3C4CCC5CC3CC5C4)n2)cc1. The molecule has 7 aliphatic rings. The number of nitrogens with zero attached hydrogens (tertiary/aromatic N) is 5. The molecule has 4 unspecified atom stereocenters. The molecule has 32 heavy (non-hydrogen) atoms. The van der Waals surface area contributed by atoms with Crippen LogP contribution in [0.3, 0.4) is 0 Å². The van der Waals surface area contributed by atoms with Gasteiger partial charge in [-0.1, -0.05) is 30.3 Å². The second-order valence-corrected chi connectivity index (χ2v) is 11.8. The molecular formula is C27H33N5. The Morgan fingerprint density at radius 2 is 1.16 bits per heavy atom. The Labute approximate surface area is 190 Å². The minimum Gasteiger partial charge on any atom is -0.335 e. The third-order valence-corrected chi connectivity index (χ3v) is 10.0. The molecule has 9 rings (SSSR count). The third kappa shape index (κ3) is 2.66. The summed E-state index contributed by atoms with van der Waals surface area (Å²) in [5.74, 6) is 6.60. The predicted molar refractivity (Wildman–Crippen MR) is 126 cm³/mol. The molecule has 0 amide bonds. The maximum Gasteiger partial charge on any atom is 0.231 e. The highest BCUT2D eigenvalue weighted by Crippen LogP contribution is 2.53. The number of fused-ring (bicyclic) bond motifs is 2. The van der Waals surface area contributed by atoms with Crippen LogP contribution in [0.4, 0.5) is 11.9 Å². The minimum atomic E-state index is 0.630. The molecule has 5 nitrogen and oxygen atoms in total. The standard InChI is InChI=1S/C27H33N5/c1-2-4-18(5-3-1)25-28-26(31-21-7-6-19-13-24(31)15-20(19)14-21)30-27(29-25)32-22-9-16-8-17(11-22)12-23(32)10-16/h1-5,16-17,19-24H,6-15H2. The van der Waals surface area contributed by atoms with Crippen LogP contribution >= 0.6 is 0 Å². The summed E-state index contributed by atoms with van der Waals surface area (Å²) in [4.78, 5) is 20.9. The van der Waals surface area contributed by atoms with E-state index >= 15 is 0 Å². The summed E-state index contributed by atoms with van der Waals surface area (Å²) >= 11 is 0. The van der Waals surface area contributed by atoms with Crippen LogP contribution in [0.1, 0.15) is 64.2 Å². The van der Waals surface area contributed by atoms with Gasteiger partial charge < -0.3 is 9.80 Å². The summed E-state index contributed by atoms with van der Waals surface area (Å²) in [5, 5.41) is 0. The van der Waals surface area contributed by atoms with E-state index in [0.29, 0.717) is 24.2 Å². The van der Waals surface area contributed by atoms with Crippen molar-refractivity contribution in [2.45, 2.75) is 88.4 Å². The zero-order valence-electron chi connectivity index (χ0n) is 18.8. The van der Waals surface area contributed by atoms with E-state index in [1.165, 1.54) is 64.2 Å². The summed E-state index contributed by atoms with van der Waals surface area (Å²) in [7, 11) is 0. The van der Waals surface area contributed by atoms with Gasteiger partial charge in [-0.05, 0) is 87.9 Å². The average Bonchev–Trinajstić information content (AvgIpc) is 3.06. The molecule has 1 aromatic carbocycles. The fourth-order valence-corrected chi connectivity index (χ4v) is 8.96. The van der Waals surface area contributed by atoms with Gasteiger partial charge in [-0.25, -0.2) is 0 Å². The molecule has 5 heteroatoms. The van der Waals surface area contributed by atoms with Crippen molar-refractivity contribution >= 4 is 11.9 Å². The van der Waals surface area contributed by atoms with Crippen LogP contribution in [0.25, 0.3) is 11.4 Å². The smallest absolute Gasteiger partial charge is 0.231 e. The Morgan fingerprint density at radius 3 is 1.88 bits per heavy atom. The Kier molecular flexibility index (Phi) is 3.81. The van der Waals surface area contributed by atoms with Gasteiger partial charge in [0.25, 0.3) is 0 Å². The van der Waals surface area contributed by atoms with Crippen molar-refractivity contribution in [3.63, 3.8) is 0 Å². The number of anilines is 2. The number of aromatic nitrogens is 3. The van der Waals surface area contributed by atoms with Crippen LogP contribution in [0.2, 0.25) is 0 Å². The van der Waals surface area contributed by atoms with E-state index in [-0.39, 0.29) is 0 Å². The van der Waals surface area contributed by atoms with Crippen LogP contribution in [0.15, 0.2) is 30.3 Å². The van der Waals surface area contributed by atoms with E-state index in [4.69, 9.17) is 15.0 Å². The fourth-order valence-electron chi connectivity index (χ4n) is 8.96. The molecule has 1 aromatic heterocycles. The molecule has 4 saturated carbocycles. The van der Waals surface area contributed by atoms with E-state index < -0.39 is 0 Å². The summed E-state index contributed by atoms with van der Waals surface area (Å²) in [6.45, 7) is 0. The highest BCUT2D eigenvalue weighted by Gasteiger charge is 2.51. The van der Waals surface area contributed by atoms with Crippen molar-refractivity contribution < 1.29 is 0 Å². The van der Waals surface area contributed by atoms with Gasteiger partial charge in [-0.2, -0.15) is 15.0 Å². The lowest BCUT2D eigenvalue weighted by molar-refractivity contribution is 0.0884. The van der Waals surface area contributed by atoms with Crippen LogP contribution < -0.4 is 9.80 Å². The fraction of sp³-hybridized carbons (Fsp3) is 0.667. The first-order valence-corrected chi connectivity index (χ1v) is 13.2. The van der Waals surface area contributed by atoms with E-state index in [1.54, 1.807) is 0 Å². The minimum absolute atomic E-state index is 0.630. The van der Waals surface area contributed by atoms with Crippen molar-refractivity contribution in [3.8, 4) is 11.4 Å². The van der Waals surface area contributed by atoms with Gasteiger partial charge in [0.2, 0.25) is 11.9 Å². The number of benzene rings is 1. The van der Waals surface area contributed by atoms with Crippen molar-refractivity contribution in [1.82, 2.24) is 15.0 Å². The van der Waals surface area contributed by atoms with Crippen molar-refractivity contribution in [2.75, 3.05) is 9.80 Å². The van der Waals surface area contributed by atoms with Crippen molar-refractivity contribution in [1.29, 1.82) is 0 Å². The zero-order chi connectivity index (χ0) is 20.8. The average molecular weight is 428 g/mol. The molecule has 4 aliphatic carbocycles. The summed E-state index contributed by atoms with van der Waals surface area (Å²) in [6.07, 6.45) is 13.6. The van der Waals surface area contributed by atoms with Gasteiger partial charge in [-0.3, -0.25) is 0 Å². The Balaban J connectivity index is 1.24. The second-order valence-electron chi connectivity index (χ2n) is 11.8. The summed E-state index contributed by atoms with van der Waals surface area (Å²) < 4.78 is 0. The van der Waals surface area contributed by atoms with Gasteiger partial charge in [0.1, 0.15) is 0 Å². The lowest BCUT2D eigenvalue weighted by Gasteiger charge is -2.56.